The van der Waals surface area contributed by atoms with Gasteiger partial charge < -0.3 is 10.2 Å². The quantitative estimate of drug-likeness (QED) is 0.559. The molecule has 0 saturated carbocycles. The smallest absolute Gasteiger partial charge is 0.264 e. The van der Waals surface area contributed by atoms with E-state index in [9.17, 15) is 8.42 Å². The molecule has 0 aliphatic carbocycles. The van der Waals surface area contributed by atoms with Gasteiger partial charge in [-0.25, -0.2) is 0 Å². The molecule has 0 heterocycles. The number of rotatable bonds is 5. The summed E-state index contributed by atoms with van der Waals surface area (Å²) >= 11 is 0. The highest BCUT2D eigenvalue weighted by atomic mass is 32.2. The number of hydrogen-bond donors (Lipinski definition) is 2. The van der Waals surface area contributed by atoms with Crippen molar-refractivity contribution in [2.24, 2.45) is 0 Å². The van der Waals surface area contributed by atoms with Crippen LogP contribution < -0.4 is 0 Å². The van der Waals surface area contributed by atoms with Crippen LogP contribution >= 0.6 is 0 Å². The minimum Gasteiger partial charge on any atom is -0.390 e. The van der Waals surface area contributed by atoms with E-state index < -0.39 is 28.9 Å². The van der Waals surface area contributed by atoms with Crippen molar-refractivity contribution in [1.29, 1.82) is 0 Å². The molecule has 0 aromatic rings. The summed E-state index contributed by atoms with van der Waals surface area (Å²) in [5, 5.41) is 18.0. The lowest BCUT2D eigenvalue weighted by Gasteiger charge is -2.14. The van der Waals surface area contributed by atoms with Crippen LogP contribution in [0.3, 0.4) is 0 Å². The zero-order chi connectivity index (χ0) is 9.78. The standard InChI is InChI=1S/C6H14O5S/c1-3-5(7)6(8)4-11-12(2,9)10/h5-8H,3-4H2,1-2H3. The maximum atomic E-state index is 10.4. The Kier molecular flexibility index (Phi) is 4.69. The second-order valence-corrected chi connectivity index (χ2v) is 4.18. The van der Waals surface area contributed by atoms with Crippen molar-refractivity contribution >= 4 is 10.1 Å². The molecule has 0 aromatic carbocycles. The summed E-state index contributed by atoms with van der Waals surface area (Å²) in [7, 11) is -3.53. The molecule has 0 spiro atoms. The average Bonchev–Trinajstić information content (AvgIpc) is 1.97. The number of aliphatic hydroxyl groups excluding tert-OH is 2. The third kappa shape index (κ3) is 5.48. The molecule has 12 heavy (non-hydrogen) atoms. The van der Waals surface area contributed by atoms with Crippen LogP contribution in [0, 0.1) is 0 Å². The first kappa shape index (κ1) is 11.8. The third-order valence-electron chi connectivity index (χ3n) is 1.32. The molecule has 6 heteroatoms. The highest BCUT2D eigenvalue weighted by molar-refractivity contribution is 7.85. The van der Waals surface area contributed by atoms with E-state index in [0.29, 0.717) is 6.42 Å². The molecule has 0 saturated heterocycles. The molecule has 0 aliphatic heterocycles. The van der Waals surface area contributed by atoms with E-state index in [2.05, 4.69) is 4.18 Å². The molecule has 0 amide bonds. The van der Waals surface area contributed by atoms with Crippen LogP contribution in [0.2, 0.25) is 0 Å². The lowest BCUT2D eigenvalue weighted by atomic mass is 10.2. The van der Waals surface area contributed by atoms with Gasteiger partial charge in [-0.1, -0.05) is 6.92 Å². The molecule has 0 aromatic heterocycles. The van der Waals surface area contributed by atoms with Crippen LogP contribution in [0.25, 0.3) is 0 Å². The summed E-state index contributed by atoms with van der Waals surface area (Å²) in [6, 6.07) is 0. The molecule has 0 radical (unpaired) electrons. The van der Waals surface area contributed by atoms with Gasteiger partial charge in [0.25, 0.3) is 10.1 Å². The van der Waals surface area contributed by atoms with Crippen molar-refractivity contribution in [2.75, 3.05) is 12.9 Å². The van der Waals surface area contributed by atoms with E-state index >= 15 is 0 Å². The maximum absolute atomic E-state index is 10.4. The second-order valence-electron chi connectivity index (χ2n) is 2.53. The predicted octanol–water partition coefficient (Wildman–Crippen LogP) is -0.906. The number of aliphatic hydroxyl groups is 2. The van der Waals surface area contributed by atoms with Crippen molar-refractivity contribution in [2.45, 2.75) is 25.6 Å². The van der Waals surface area contributed by atoms with Crippen LogP contribution in [-0.4, -0.2) is 43.7 Å². The zero-order valence-corrected chi connectivity index (χ0v) is 7.91. The number of hydrogen-bond acceptors (Lipinski definition) is 5. The second kappa shape index (κ2) is 4.76. The molecule has 0 fully saturated rings. The van der Waals surface area contributed by atoms with Crippen LogP contribution in [0.1, 0.15) is 13.3 Å². The van der Waals surface area contributed by atoms with Crippen molar-refractivity contribution in [3.63, 3.8) is 0 Å². The van der Waals surface area contributed by atoms with E-state index in [1.807, 2.05) is 0 Å². The average molecular weight is 198 g/mol. The predicted molar refractivity (Wildman–Crippen MR) is 43.1 cm³/mol. The SMILES string of the molecule is CCC(O)C(O)COS(C)(=O)=O. The van der Waals surface area contributed by atoms with Gasteiger partial charge in [-0.15, -0.1) is 0 Å². The molecule has 0 bridgehead atoms. The van der Waals surface area contributed by atoms with Gasteiger partial charge in [-0.05, 0) is 6.42 Å². The van der Waals surface area contributed by atoms with Gasteiger partial charge in [0.15, 0.2) is 0 Å². The topological polar surface area (TPSA) is 83.8 Å². The van der Waals surface area contributed by atoms with Gasteiger partial charge in [-0.3, -0.25) is 4.18 Å². The van der Waals surface area contributed by atoms with Crippen molar-refractivity contribution < 1.29 is 22.8 Å². The lowest BCUT2D eigenvalue weighted by molar-refractivity contribution is -0.00752. The van der Waals surface area contributed by atoms with Crippen LogP contribution in [0.15, 0.2) is 0 Å². The highest BCUT2D eigenvalue weighted by Crippen LogP contribution is 2.00. The van der Waals surface area contributed by atoms with E-state index in [-0.39, 0.29) is 0 Å². The van der Waals surface area contributed by atoms with E-state index in [0.717, 1.165) is 6.26 Å². The minimum absolute atomic E-state index is 0.355. The molecule has 2 atom stereocenters. The fourth-order valence-electron chi connectivity index (χ4n) is 0.576. The normalized spacial score (nSPS) is 17.3. The Morgan fingerprint density at radius 1 is 1.33 bits per heavy atom. The van der Waals surface area contributed by atoms with Crippen molar-refractivity contribution in [3.05, 3.63) is 0 Å². The van der Waals surface area contributed by atoms with Gasteiger partial charge >= 0.3 is 0 Å². The Labute approximate surface area is 72.1 Å². The summed E-state index contributed by atoms with van der Waals surface area (Å²) in [6.45, 7) is 1.28. The monoisotopic (exact) mass is 198 g/mol. The van der Waals surface area contributed by atoms with Crippen LogP contribution in [0.5, 0.6) is 0 Å². The Morgan fingerprint density at radius 2 is 1.83 bits per heavy atom. The third-order valence-corrected chi connectivity index (χ3v) is 1.88. The van der Waals surface area contributed by atoms with Crippen molar-refractivity contribution in [3.8, 4) is 0 Å². The molecule has 74 valence electrons. The Hall–Kier alpha value is -0.170. The van der Waals surface area contributed by atoms with Crippen LogP contribution in [0.4, 0.5) is 0 Å². The Balaban J connectivity index is 3.79. The first-order valence-corrected chi connectivity index (χ1v) is 5.39. The van der Waals surface area contributed by atoms with E-state index in [1.165, 1.54) is 0 Å². The Bertz CT molecular complexity index is 210. The largest absolute Gasteiger partial charge is 0.390 e. The molecule has 0 rings (SSSR count). The lowest BCUT2D eigenvalue weighted by Crippen LogP contribution is -2.30. The summed E-state index contributed by atoms with van der Waals surface area (Å²) in [5.41, 5.74) is 0. The first-order chi connectivity index (χ1) is 5.37. The fourth-order valence-corrected chi connectivity index (χ4v) is 0.963. The van der Waals surface area contributed by atoms with Gasteiger partial charge in [0.05, 0.1) is 19.0 Å². The molecular weight excluding hydrogens is 184 g/mol. The summed E-state index contributed by atoms with van der Waals surface area (Å²) in [4.78, 5) is 0. The Morgan fingerprint density at radius 3 is 2.17 bits per heavy atom. The summed E-state index contributed by atoms with van der Waals surface area (Å²) in [6.07, 6.45) is -0.844. The molecule has 2 unspecified atom stereocenters. The van der Waals surface area contributed by atoms with E-state index in [1.54, 1.807) is 6.92 Å². The first-order valence-electron chi connectivity index (χ1n) is 3.57. The maximum Gasteiger partial charge on any atom is 0.264 e. The summed E-state index contributed by atoms with van der Waals surface area (Å²) in [5.74, 6) is 0. The minimum atomic E-state index is -3.53. The molecule has 0 aliphatic rings. The van der Waals surface area contributed by atoms with Gasteiger partial charge in [0, 0.05) is 0 Å². The fraction of sp³-hybridized carbons (Fsp3) is 1.00. The van der Waals surface area contributed by atoms with Gasteiger partial charge in [-0.2, -0.15) is 8.42 Å². The van der Waals surface area contributed by atoms with Gasteiger partial charge in [0.1, 0.15) is 6.10 Å². The highest BCUT2D eigenvalue weighted by Gasteiger charge is 2.16. The molecule has 2 N–H and O–H groups in total. The molecule has 5 nitrogen and oxygen atoms in total. The zero-order valence-electron chi connectivity index (χ0n) is 7.10. The van der Waals surface area contributed by atoms with Crippen LogP contribution in [-0.2, 0) is 14.3 Å². The molecular formula is C6H14O5S. The van der Waals surface area contributed by atoms with Gasteiger partial charge in [0.2, 0.25) is 0 Å². The van der Waals surface area contributed by atoms with Crippen molar-refractivity contribution in [1.82, 2.24) is 0 Å². The summed E-state index contributed by atoms with van der Waals surface area (Å²) < 4.78 is 25.1. The van der Waals surface area contributed by atoms with E-state index in [4.69, 9.17) is 10.2 Å².